The molecule has 0 bridgehead atoms. The molecule has 6 heteroatoms. The van der Waals surface area contributed by atoms with Gasteiger partial charge >= 0.3 is 11.9 Å². The van der Waals surface area contributed by atoms with Gasteiger partial charge in [-0.05, 0) is 44.9 Å². The van der Waals surface area contributed by atoms with E-state index < -0.39 is 17.4 Å². The quantitative estimate of drug-likeness (QED) is 0.833. The summed E-state index contributed by atoms with van der Waals surface area (Å²) in [7, 11) is 0. The van der Waals surface area contributed by atoms with Crippen molar-refractivity contribution >= 4 is 23.2 Å². The summed E-state index contributed by atoms with van der Waals surface area (Å²) in [6.45, 7) is 7.26. The van der Waals surface area contributed by atoms with Crippen molar-refractivity contribution in [3.63, 3.8) is 0 Å². The van der Waals surface area contributed by atoms with Crippen molar-refractivity contribution in [3.05, 3.63) is 41.7 Å². The largest absolute Gasteiger partial charge is 0.481 e. The monoisotopic (exact) mass is 330 g/mol. The Kier molecular flexibility index (Phi) is 5.07. The van der Waals surface area contributed by atoms with Crippen molar-refractivity contribution in [3.8, 4) is 0 Å². The molecule has 0 spiro atoms. The maximum Gasteiger partial charge on any atom is 0.331 e. The van der Waals surface area contributed by atoms with Crippen LogP contribution in [0.2, 0.25) is 0 Å². The first-order valence-corrected chi connectivity index (χ1v) is 7.91. The molecule has 1 unspecified atom stereocenters. The molecule has 0 saturated carbocycles. The van der Waals surface area contributed by atoms with Crippen molar-refractivity contribution in [2.75, 3.05) is 18.0 Å². The number of allylic oxidation sites excluding steroid dienone is 2. The first-order chi connectivity index (χ1) is 11.3. The number of pyridine rings is 1. The number of carboxylic acids is 2. The van der Waals surface area contributed by atoms with Crippen molar-refractivity contribution in [1.82, 2.24) is 4.98 Å². The molecule has 0 saturated heterocycles. The third kappa shape index (κ3) is 3.48. The molecule has 1 heterocycles. The number of carboxylic acid groups (broad SMARTS) is 2. The molecule has 1 aliphatic carbocycles. The van der Waals surface area contributed by atoms with Gasteiger partial charge in [0.1, 0.15) is 0 Å². The van der Waals surface area contributed by atoms with Crippen LogP contribution in [-0.4, -0.2) is 40.2 Å². The van der Waals surface area contributed by atoms with Crippen LogP contribution in [0.1, 0.15) is 32.8 Å². The molecule has 6 nitrogen and oxygen atoms in total. The van der Waals surface area contributed by atoms with E-state index >= 15 is 0 Å². The average Bonchev–Trinajstić information content (AvgIpc) is 2.55. The van der Waals surface area contributed by atoms with Gasteiger partial charge in [-0.3, -0.25) is 9.78 Å². The second-order valence-electron chi connectivity index (χ2n) is 6.08. The SMILES string of the molecule is CCN(CC)c1cncc(C2=CC(C)(C(=O)O)CC(C(=O)O)=C2)c1. The summed E-state index contributed by atoms with van der Waals surface area (Å²) in [6, 6.07) is 1.91. The summed E-state index contributed by atoms with van der Waals surface area (Å²) in [5.41, 5.74) is 1.05. The molecule has 1 atom stereocenters. The lowest BCUT2D eigenvalue weighted by Crippen LogP contribution is -2.29. The number of aliphatic carboxylic acids is 2. The zero-order valence-electron chi connectivity index (χ0n) is 14.1. The summed E-state index contributed by atoms with van der Waals surface area (Å²) in [5.74, 6) is -2.14. The van der Waals surface area contributed by atoms with E-state index in [1.807, 2.05) is 19.9 Å². The van der Waals surface area contributed by atoms with Crippen LogP contribution in [0.25, 0.3) is 5.57 Å². The lowest BCUT2D eigenvalue weighted by molar-refractivity contribution is -0.145. The number of aromatic nitrogens is 1. The van der Waals surface area contributed by atoms with Gasteiger partial charge in [0, 0.05) is 30.4 Å². The molecule has 2 rings (SSSR count). The minimum Gasteiger partial charge on any atom is -0.481 e. The number of rotatable bonds is 6. The van der Waals surface area contributed by atoms with E-state index in [1.165, 1.54) is 13.0 Å². The van der Waals surface area contributed by atoms with E-state index in [1.54, 1.807) is 18.5 Å². The van der Waals surface area contributed by atoms with Crippen LogP contribution >= 0.6 is 0 Å². The van der Waals surface area contributed by atoms with E-state index in [9.17, 15) is 19.8 Å². The number of nitrogens with zero attached hydrogens (tertiary/aromatic N) is 2. The van der Waals surface area contributed by atoms with Gasteiger partial charge in [0.05, 0.1) is 17.3 Å². The van der Waals surface area contributed by atoms with E-state index in [0.29, 0.717) is 11.1 Å². The molecule has 0 radical (unpaired) electrons. The molecule has 128 valence electrons. The van der Waals surface area contributed by atoms with E-state index in [4.69, 9.17) is 0 Å². The van der Waals surface area contributed by atoms with Gasteiger partial charge in [-0.15, -0.1) is 0 Å². The Bertz CT molecular complexity index is 719. The minimum atomic E-state index is -1.25. The Morgan fingerprint density at radius 2 is 1.92 bits per heavy atom. The Morgan fingerprint density at radius 1 is 1.25 bits per heavy atom. The Balaban J connectivity index is 2.52. The summed E-state index contributed by atoms with van der Waals surface area (Å²) in [5, 5.41) is 18.8. The fraction of sp³-hybridized carbons (Fsp3) is 0.389. The standard InChI is InChI=1S/C18H22N2O4/c1-4-20(5-2)15-7-14(10-19-11-15)12-6-13(16(21)22)9-18(3,8-12)17(23)24/h6-8,10-11H,4-5,9H2,1-3H3,(H,21,22)(H,23,24). The summed E-state index contributed by atoms with van der Waals surface area (Å²) in [6.07, 6.45) is 6.49. The van der Waals surface area contributed by atoms with E-state index in [-0.39, 0.29) is 12.0 Å². The fourth-order valence-electron chi connectivity index (χ4n) is 2.86. The molecule has 0 fully saturated rings. The van der Waals surface area contributed by atoms with Crippen molar-refractivity contribution in [2.24, 2.45) is 5.41 Å². The molecule has 0 aromatic carbocycles. The molecule has 1 aromatic rings. The Morgan fingerprint density at radius 3 is 2.46 bits per heavy atom. The smallest absolute Gasteiger partial charge is 0.331 e. The van der Waals surface area contributed by atoms with Crippen LogP contribution in [0.3, 0.4) is 0 Å². The van der Waals surface area contributed by atoms with Gasteiger partial charge in [0.25, 0.3) is 0 Å². The number of hydrogen-bond donors (Lipinski definition) is 2. The van der Waals surface area contributed by atoms with Gasteiger partial charge < -0.3 is 15.1 Å². The molecule has 24 heavy (non-hydrogen) atoms. The van der Waals surface area contributed by atoms with E-state index in [0.717, 1.165) is 18.8 Å². The van der Waals surface area contributed by atoms with Crippen LogP contribution in [0.4, 0.5) is 5.69 Å². The zero-order valence-corrected chi connectivity index (χ0v) is 14.1. The predicted octanol–water partition coefficient (Wildman–Crippen LogP) is 2.82. The van der Waals surface area contributed by atoms with E-state index in [2.05, 4.69) is 9.88 Å². The summed E-state index contributed by atoms with van der Waals surface area (Å²) < 4.78 is 0. The van der Waals surface area contributed by atoms with Crippen LogP contribution in [0.15, 0.2) is 36.2 Å². The fourth-order valence-corrected chi connectivity index (χ4v) is 2.86. The molecule has 0 amide bonds. The minimum absolute atomic E-state index is 0.0374. The maximum absolute atomic E-state index is 11.6. The van der Waals surface area contributed by atoms with Crippen molar-refractivity contribution in [2.45, 2.75) is 27.2 Å². The van der Waals surface area contributed by atoms with Crippen LogP contribution in [-0.2, 0) is 9.59 Å². The third-order valence-electron chi connectivity index (χ3n) is 4.31. The average molecular weight is 330 g/mol. The zero-order chi connectivity index (χ0) is 17.9. The third-order valence-corrected chi connectivity index (χ3v) is 4.31. The Labute approximate surface area is 141 Å². The first-order valence-electron chi connectivity index (χ1n) is 7.91. The predicted molar refractivity (Wildman–Crippen MR) is 91.9 cm³/mol. The summed E-state index contributed by atoms with van der Waals surface area (Å²) in [4.78, 5) is 29.4. The normalized spacial score (nSPS) is 20.1. The van der Waals surface area contributed by atoms with Crippen molar-refractivity contribution < 1.29 is 19.8 Å². The highest BCUT2D eigenvalue weighted by Crippen LogP contribution is 2.38. The highest BCUT2D eigenvalue weighted by molar-refractivity contribution is 5.96. The number of anilines is 1. The van der Waals surface area contributed by atoms with Gasteiger partial charge in [0.15, 0.2) is 0 Å². The first kappa shape index (κ1) is 17.7. The highest BCUT2D eigenvalue weighted by Gasteiger charge is 2.36. The van der Waals surface area contributed by atoms with Crippen LogP contribution < -0.4 is 4.90 Å². The van der Waals surface area contributed by atoms with Gasteiger partial charge in [0.2, 0.25) is 0 Å². The van der Waals surface area contributed by atoms with Crippen LogP contribution in [0, 0.1) is 5.41 Å². The lowest BCUT2D eigenvalue weighted by Gasteiger charge is -2.27. The summed E-state index contributed by atoms with van der Waals surface area (Å²) >= 11 is 0. The topological polar surface area (TPSA) is 90.7 Å². The maximum atomic E-state index is 11.6. The van der Waals surface area contributed by atoms with Gasteiger partial charge in [-0.25, -0.2) is 4.79 Å². The van der Waals surface area contributed by atoms with Crippen LogP contribution in [0.5, 0.6) is 0 Å². The second kappa shape index (κ2) is 6.86. The molecule has 0 aliphatic heterocycles. The van der Waals surface area contributed by atoms with Gasteiger partial charge in [-0.1, -0.05) is 6.08 Å². The van der Waals surface area contributed by atoms with Gasteiger partial charge in [-0.2, -0.15) is 0 Å². The number of carbonyl (C=O) groups is 2. The molecule has 2 N–H and O–H groups in total. The second-order valence-corrected chi connectivity index (χ2v) is 6.08. The molecule has 1 aromatic heterocycles. The molecular weight excluding hydrogens is 308 g/mol. The number of hydrogen-bond acceptors (Lipinski definition) is 4. The lowest BCUT2D eigenvalue weighted by atomic mass is 9.76. The molecule has 1 aliphatic rings. The highest BCUT2D eigenvalue weighted by atomic mass is 16.4. The molecular formula is C18H22N2O4. The Hall–Kier alpha value is -2.63. The van der Waals surface area contributed by atoms with Crippen molar-refractivity contribution in [1.29, 1.82) is 0 Å².